The number of aliphatic hydroxyl groups is 1. The maximum atomic E-state index is 13.2. The van der Waals surface area contributed by atoms with Crippen LogP contribution in [0.5, 0.6) is 0 Å². The van der Waals surface area contributed by atoms with Crippen LogP contribution >= 0.6 is 11.8 Å². The van der Waals surface area contributed by atoms with E-state index in [0.717, 1.165) is 5.56 Å². The number of benzene rings is 1. The summed E-state index contributed by atoms with van der Waals surface area (Å²) in [6, 6.07) is 8.72. The minimum Gasteiger partial charge on any atom is -0.472 e. The van der Waals surface area contributed by atoms with E-state index < -0.39 is 42.1 Å². The second kappa shape index (κ2) is 19.5. The molecule has 2 rings (SSSR count). The lowest BCUT2D eigenvalue weighted by Crippen LogP contribution is -2.53. The average molecular weight is 631 g/mol. The minimum atomic E-state index is -1.10. The number of aliphatic hydroxyl groups excluding tert-OH is 1. The third-order valence-electron chi connectivity index (χ3n) is 6.98. The Morgan fingerprint density at radius 2 is 1.73 bits per heavy atom. The molecule has 12 heteroatoms. The second-order valence-electron chi connectivity index (χ2n) is 11.0. The maximum absolute atomic E-state index is 13.2. The molecule has 0 bridgehead atoms. The van der Waals surface area contributed by atoms with Crippen LogP contribution in [0.2, 0.25) is 0 Å². The Labute approximate surface area is 263 Å². The largest absolute Gasteiger partial charge is 0.472 e. The third-order valence-corrected chi connectivity index (χ3v) is 7.63. The van der Waals surface area contributed by atoms with Gasteiger partial charge in [-0.15, -0.1) is 6.58 Å². The lowest BCUT2D eigenvalue weighted by atomic mass is 9.94. The van der Waals surface area contributed by atoms with Gasteiger partial charge in [0, 0.05) is 18.0 Å². The number of carbonyl (C=O) groups excluding carboxylic acids is 4. The Morgan fingerprint density at radius 3 is 2.34 bits per heavy atom. The van der Waals surface area contributed by atoms with Gasteiger partial charge in [-0.2, -0.15) is 11.8 Å². The number of nitrogens with one attached hydrogen (secondary N) is 4. The summed E-state index contributed by atoms with van der Waals surface area (Å²) >= 11 is 1.52. The molecule has 0 saturated heterocycles. The van der Waals surface area contributed by atoms with Crippen LogP contribution in [0.3, 0.4) is 0 Å². The fourth-order valence-electron chi connectivity index (χ4n) is 4.35. The van der Waals surface area contributed by atoms with Gasteiger partial charge in [0.1, 0.15) is 18.7 Å². The molecule has 0 aliphatic rings. The molecule has 44 heavy (non-hydrogen) atoms. The van der Waals surface area contributed by atoms with Gasteiger partial charge in [0.2, 0.25) is 17.7 Å². The molecule has 0 radical (unpaired) electrons. The van der Waals surface area contributed by atoms with Gasteiger partial charge in [-0.25, -0.2) is 4.79 Å². The van der Waals surface area contributed by atoms with Crippen molar-refractivity contribution in [1.82, 2.24) is 21.3 Å². The first kappa shape index (κ1) is 36.4. The van der Waals surface area contributed by atoms with Crippen LogP contribution in [0.15, 0.2) is 66.0 Å². The molecule has 1 heterocycles. The van der Waals surface area contributed by atoms with Crippen LogP contribution < -0.4 is 21.3 Å². The highest BCUT2D eigenvalue weighted by Crippen LogP contribution is 2.15. The molecule has 0 aliphatic heterocycles. The highest BCUT2D eigenvalue weighted by atomic mass is 32.2. The fraction of sp³-hybridized carbons (Fsp3) is 0.500. The van der Waals surface area contributed by atoms with Crippen molar-refractivity contribution in [3.63, 3.8) is 0 Å². The number of rotatable bonds is 19. The SMILES string of the molecule is C=CC[C@H](NC(=O)[C@H](CCSC)NC(=O)OCc1ccoc1)[C@@H](O)C[C@@H](C)C(=O)N[C@H](C(=O)NCc1ccccc1)C(C)C. The van der Waals surface area contributed by atoms with E-state index in [1.54, 1.807) is 19.1 Å². The number of carbonyl (C=O) groups is 4. The first-order valence-corrected chi connectivity index (χ1v) is 16.1. The monoisotopic (exact) mass is 630 g/mol. The van der Waals surface area contributed by atoms with E-state index in [1.807, 2.05) is 50.4 Å². The van der Waals surface area contributed by atoms with Crippen molar-refractivity contribution in [1.29, 1.82) is 0 Å². The van der Waals surface area contributed by atoms with Gasteiger partial charge in [-0.3, -0.25) is 14.4 Å². The van der Waals surface area contributed by atoms with Crippen molar-refractivity contribution >= 4 is 35.6 Å². The Morgan fingerprint density at radius 1 is 1.00 bits per heavy atom. The number of alkyl carbamates (subject to hydrolysis) is 1. The first-order valence-electron chi connectivity index (χ1n) is 14.7. The van der Waals surface area contributed by atoms with E-state index in [9.17, 15) is 24.3 Å². The van der Waals surface area contributed by atoms with Crippen LogP contribution in [0.1, 0.15) is 51.2 Å². The minimum absolute atomic E-state index is 0.0106. The van der Waals surface area contributed by atoms with Gasteiger partial charge in [0.05, 0.1) is 24.7 Å². The summed E-state index contributed by atoms with van der Waals surface area (Å²) in [5.74, 6) is -1.41. The smallest absolute Gasteiger partial charge is 0.408 e. The molecule has 0 unspecified atom stereocenters. The van der Waals surface area contributed by atoms with Gasteiger partial charge in [-0.05, 0) is 48.8 Å². The van der Waals surface area contributed by atoms with E-state index >= 15 is 0 Å². The summed E-state index contributed by atoms with van der Waals surface area (Å²) in [6.07, 6.45) is 5.11. The average Bonchev–Trinajstić information content (AvgIpc) is 3.53. The van der Waals surface area contributed by atoms with Crippen molar-refractivity contribution < 1.29 is 33.4 Å². The number of hydrogen-bond acceptors (Lipinski definition) is 8. The Kier molecular flexibility index (Phi) is 16.1. The molecule has 5 N–H and O–H groups in total. The van der Waals surface area contributed by atoms with Crippen LogP contribution in [0.25, 0.3) is 0 Å². The van der Waals surface area contributed by atoms with Crippen molar-refractivity contribution in [3.05, 3.63) is 72.7 Å². The second-order valence-corrected chi connectivity index (χ2v) is 11.9. The highest BCUT2D eigenvalue weighted by Gasteiger charge is 2.31. The van der Waals surface area contributed by atoms with Crippen molar-refractivity contribution in [3.8, 4) is 0 Å². The summed E-state index contributed by atoms with van der Waals surface area (Å²) < 4.78 is 10.2. The van der Waals surface area contributed by atoms with Crippen LogP contribution in [0.4, 0.5) is 4.79 Å². The van der Waals surface area contributed by atoms with Gasteiger partial charge < -0.3 is 35.5 Å². The molecule has 0 spiro atoms. The summed E-state index contributed by atoms with van der Waals surface area (Å²) in [7, 11) is 0. The molecular weight excluding hydrogens is 584 g/mol. The van der Waals surface area contributed by atoms with Gasteiger partial charge in [-0.1, -0.05) is 57.2 Å². The quantitative estimate of drug-likeness (QED) is 0.148. The molecule has 5 atom stereocenters. The zero-order valence-corrected chi connectivity index (χ0v) is 26.7. The van der Waals surface area contributed by atoms with E-state index in [2.05, 4.69) is 27.8 Å². The Balaban J connectivity index is 1.96. The van der Waals surface area contributed by atoms with Gasteiger partial charge in [0.15, 0.2) is 0 Å². The molecule has 1 aromatic heterocycles. The predicted molar refractivity (Wildman–Crippen MR) is 170 cm³/mol. The van der Waals surface area contributed by atoms with Crippen LogP contribution in [-0.2, 0) is 32.3 Å². The molecule has 2 aromatic rings. The van der Waals surface area contributed by atoms with E-state index in [-0.39, 0.29) is 37.2 Å². The number of ether oxygens (including phenoxy) is 1. The van der Waals surface area contributed by atoms with Crippen molar-refractivity contribution in [2.24, 2.45) is 11.8 Å². The lowest BCUT2D eigenvalue weighted by molar-refractivity contribution is -0.132. The van der Waals surface area contributed by atoms with Crippen LogP contribution in [0, 0.1) is 11.8 Å². The zero-order chi connectivity index (χ0) is 32.5. The van der Waals surface area contributed by atoms with Crippen LogP contribution in [-0.4, -0.2) is 65.2 Å². The molecule has 242 valence electrons. The summed E-state index contributed by atoms with van der Waals surface area (Å²) in [4.78, 5) is 51.6. The van der Waals surface area contributed by atoms with Gasteiger partial charge >= 0.3 is 6.09 Å². The molecule has 0 aliphatic carbocycles. The normalized spacial score (nSPS) is 14.4. The fourth-order valence-corrected chi connectivity index (χ4v) is 4.82. The Hall–Kier alpha value is -3.77. The van der Waals surface area contributed by atoms with E-state index in [4.69, 9.17) is 9.15 Å². The van der Waals surface area contributed by atoms with Crippen molar-refractivity contribution in [2.75, 3.05) is 12.0 Å². The zero-order valence-electron chi connectivity index (χ0n) is 25.9. The molecule has 4 amide bonds. The highest BCUT2D eigenvalue weighted by molar-refractivity contribution is 7.98. The lowest BCUT2D eigenvalue weighted by Gasteiger charge is -2.28. The summed E-state index contributed by atoms with van der Waals surface area (Å²) in [6.45, 7) is 9.40. The van der Waals surface area contributed by atoms with E-state index in [1.165, 1.54) is 24.3 Å². The molecule has 0 fully saturated rings. The molecular formula is C32H46N4O7S. The Bertz CT molecular complexity index is 1180. The topological polar surface area (TPSA) is 159 Å². The standard InChI is InChI=1S/C32H46N4O7S/c1-6-10-25(34-30(39)26(14-16-44-5)35-32(41)43-20-24-13-15-42-19-24)27(37)17-22(4)29(38)36-28(21(2)3)31(40)33-18-23-11-8-7-9-12-23/h6-9,11-13,15,19,21-22,25-28,37H,1,10,14,16-18,20H2,2-5H3,(H,33,40)(H,34,39)(H,35,41)(H,36,38)/t22-,25+,26+,27+,28+/m1/s1. The summed E-state index contributed by atoms with van der Waals surface area (Å²) in [5.41, 5.74) is 1.61. The van der Waals surface area contributed by atoms with E-state index in [0.29, 0.717) is 24.3 Å². The van der Waals surface area contributed by atoms with Crippen molar-refractivity contribution in [2.45, 2.75) is 77.4 Å². The predicted octanol–water partition coefficient (Wildman–Crippen LogP) is 3.53. The third kappa shape index (κ3) is 12.8. The maximum Gasteiger partial charge on any atom is 0.408 e. The molecule has 11 nitrogen and oxygen atoms in total. The first-order chi connectivity index (χ1) is 21.0. The summed E-state index contributed by atoms with van der Waals surface area (Å²) in [5, 5.41) is 22.1. The number of thioether (sulfide) groups is 1. The number of amides is 4. The number of furan rings is 1. The van der Waals surface area contributed by atoms with Gasteiger partial charge in [0.25, 0.3) is 0 Å². The molecule has 1 aromatic carbocycles. The number of hydrogen-bond donors (Lipinski definition) is 5. The molecule has 0 saturated carbocycles.